The van der Waals surface area contributed by atoms with Crippen molar-refractivity contribution in [1.82, 2.24) is 0 Å². The second-order valence-corrected chi connectivity index (χ2v) is 1.00. The van der Waals surface area contributed by atoms with Gasteiger partial charge in [-0.3, -0.25) is 6.08 Å². The standard InChI is InChI=1S/C5H5.BrH.Zr.H/c1-2-4-5-3-1;;;/h1-3H,4H2;1H;;/q-1;;+3;-1/p-1. The summed E-state index contributed by atoms with van der Waals surface area (Å²) in [6, 6.07) is 0. The minimum Gasteiger partial charge on any atom is -1.00 e. The van der Waals surface area contributed by atoms with Gasteiger partial charge >= 0.3 is 26.2 Å². The largest absolute Gasteiger partial charge is 3.00 e. The van der Waals surface area contributed by atoms with Crippen LogP contribution in [0.15, 0.2) is 18.2 Å². The van der Waals surface area contributed by atoms with Gasteiger partial charge in [-0.25, -0.2) is 12.2 Å². The molecule has 0 aromatic heterocycles. The minimum atomic E-state index is 0. The summed E-state index contributed by atoms with van der Waals surface area (Å²) in [5.41, 5.74) is 0. The molecule has 2 heteroatoms. The third-order valence-electron chi connectivity index (χ3n) is 0.586. The minimum absolute atomic E-state index is 0. The van der Waals surface area contributed by atoms with Crippen molar-refractivity contribution in [3.63, 3.8) is 0 Å². The Morgan fingerprint density at radius 1 is 1.57 bits per heavy atom. The zero-order chi connectivity index (χ0) is 3.54. The van der Waals surface area contributed by atoms with Crippen LogP contribution in [0.3, 0.4) is 0 Å². The molecule has 1 radical (unpaired) electrons. The van der Waals surface area contributed by atoms with Crippen LogP contribution in [0.1, 0.15) is 7.85 Å². The first-order valence-corrected chi connectivity index (χ1v) is 1.72. The Kier molecular flexibility index (Phi) is 10.5. The van der Waals surface area contributed by atoms with Crippen LogP contribution < -0.4 is 17.0 Å². The third kappa shape index (κ3) is 4.70. The van der Waals surface area contributed by atoms with E-state index >= 15 is 0 Å². The fraction of sp³-hybridized carbons (Fsp3) is 0.200. The van der Waals surface area contributed by atoms with E-state index in [4.69, 9.17) is 0 Å². The van der Waals surface area contributed by atoms with Crippen molar-refractivity contribution in [2.24, 2.45) is 0 Å². The number of hydrogen-bond donors (Lipinski definition) is 0. The van der Waals surface area contributed by atoms with E-state index in [1.54, 1.807) is 0 Å². The average Bonchev–Trinajstić information content (AvgIpc) is 1.76. The second kappa shape index (κ2) is 6.84. The van der Waals surface area contributed by atoms with Crippen LogP contribution >= 0.6 is 0 Å². The Balaban J connectivity index is -0.0000000833. The molecule has 1 rings (SSSR count). The van der Waals surface area contributed by atoms with Crippen LogP contribution in [0.25, 0.3) is 0 Å². The Hall–Kier alpha value is 0.843. The summed E-state index contributed by atoms with van der Waals surface area (Å²) in [6.45, 7) is 0. The SMILES string of the molecule is [Br-].[C-]1=CC=CC1.[H-].[Zr+3]. The quantitative estimate of drug-likeness (QED) is 0.446. The molecule has 0 saturated carbocycles. The van der Waals surface area contributed by atoms with Crippen molar-refractivity contribution in [3.8, 4) is 0 Å². The molecule has 0 unspecified atom stereocenters. The van der Waals surface area contributed by atoms with E-state index in [0.29, 0.717) is 0 Å². The van der Waals surface area contributed by atoms with E-state index in [1.807, 2.05) is 12.2 Å². The first-order valence-electron chi connectivity index (χ1n) is 1.72. The summed E-state index contributed by atoms with van der Waals surface area (Å²) in [5.74, 6) is 0. The molecule has 0 atom stereocenters. The maximum atomic E-state index is 2.99. The molecular formula is C5H6BrZr. The molecule has 0 heterocycles. The molecule has 0 amide bonds. The second-order valence-electron chi connectivity index (χ2n) is 1.00. The Morgan fingerprint density at radius 2 is 2.29 bits per heavy atom. The predicted octanol–water partition coefficient (Wildman–Crippen LogP) is -1.58. The first-order chi connectivity index (χ1) is 2.50. The van der Waals surface area contributed by atoms with Crippen molar-refractivity contribution in [3.05, 3.63) is 24.3 Å². The molecule has 0 spiro atoms. The van der Waals surface area contributed by atoms with Gasteiger partial charge in [0.25, 0.3) is 0 Å². The van der Waals surface area contributed by atoms with Crippen molar-refractivity contribution in [2.75, 3.05) is 0 Å². The third-order valence-corrected chi connectivity index (χ3v) is 0.586. The van der Waals surface area contributed by atoms with Crippen LogP contribution in [0.4, 0.5) is 0 Å². The summed E-state index contributed by atoms with van der Waals surface area (Å²) in [4.78, 5) is 0. The van der Waals surface area contributed by atoms with E-state index in [-0.39, 0.29) is 44.6 Å². The fourth-order valence-electron chi connectivity index (χ4n) is 0.340. The first kappa shape index (κ1) is 10.8. The predicted molar refractivity (Wildman–Crippen MR) is 22.7 cm³/mol. The molecule has 0 bridgehead atoms. The molecule has 0 saturated heterocycles. The van der Waals surface area contributed by atoms with Crippen molar-refractivity contribution in [2.45, 2.75) is 6.42 Å². The summed E-state index contributed by atoms with van der Waals surface area (Å²) in [5, 5.41) is 0. The fourth-order valence-corrected chi connectivity index (χ4v) is 0.340. The summed E-state index contributed by atoms with van der Waals surface area (Å²) in [7, 11) is 0. The van der Waals surface area contributed by atoms with Crippen LogP contribution in [-0.2, 0) is 26.2 Å². The molecule has 1 aliphatic rings. The number of rotatable bonds is 0. The van der Waals surface area contributed by atoms with E-state index in [1.165, 1.54) is 0 Å². The Bertz CT molecular complexity index is 70.5. The molecule has 7 heavy (non-hydrogen) atoms. The van der Waals surface area contributed by atoms with Crippen LogP contribution in [0, 0.1) is 6.08 Å². The van der Waals surface area contributed by atoms with Crippen molar-refractivity contribution >= 4 is 0 Å². The van der Waals surface area contributed by atoms with Crippen LogP contribution in [0.5, 0.6) is 0 Å². The van der Waals surface area contributed by atoms with Gasteiger partial charge in [-0.2, -0.15) is 6.08 Å². The van der Waals surface area contributed by atoms with Gasteiger partial charge in [-0.1, -0.05) is 0 Å². The number of hydrogen-bond acceptors (Lipinski definition) is 0. The summed E-state index contributed by atoms with van der Waals surface area (Å²) < 4.78 is 0. The number of halogens is 1. The molecule has 0 N–H and O–H groups in total. The van der Waals surface area contributed by atoms with E-state index < -0.39 is 0 Å². The Labute approximate surface area is 75.1 Å². The van der Waals surface area contributed by atoms with Gasteiger partial charge in [0.15, 0.2) is 0 Å². The zero-order valence-electron chi connectivity index (χ0n) is 4.82. The molecular weight excluding hydrogens is 231 g/mol. The van der Waals surface area contributed by atoms with Gasteiger partial charge in [0.05, 0.1) is 0 Å². The van der Waals surface area contributed by atoms with Gasteiger partial charge in [0, 0.05) is 0 Å². The van der Waals surface area contributed by atoms with E-state index in [2.05, 4.69) is 12.2 Å². The van der Waals surface area contributed by atoms with Gasteiger partial charge in [0.2, 0.25) is 0 Å². The maximum Gasteiger partial charge on any atom is 3.00 e. The van der Waals surface area contributed by atoms with Crippen LogP contribution in [0.2, 0.25) is 0 Å². The topological polar surface area (TPSA) is 0 Å². The Morgan fingerprint density at radius 3 is 2.43 bits per heavy atom. The molecule has 0 aromatic rings. The smallest absolute Gasteiger partial charge is 1.00 e. The van der Waals surface area contributed by atoms with Gasteiger partial charge in [0.1, 0.15) is 0 Å². The normalized spacial score (nSPS) is 12.6. The summed E-state index contributed by atoms with van der Waals surface area (Å²) in [6.07, 6.45) is 10.0. The average molecular weight is 237 g/mol. The molecule has 0 fully saturated rings. The molecule has 37 valence electrons. The molecule has 0 aromatic carbocycles. The van der Waals surface area contributed by atoms with Gasteiger partial charge in [-0.05, 0) is 0 Å². The number of allylic oxidation sites excluding steroid dienone is 4. The van der Waals surface area contributed by atoms with Gasteiger partial charge < -0.3 is 18.4 Å². The van der Waals surface area contributed by atoms with Crippen molar-refractivity contribution in [1.29, 1.82) is 0 Å². The summed E-state index contributed by atoms with van der Waals surface area (Å²) >= 11 is 0. The van der Waals surface area contributed by atoms with E-state index in [0.717, 1.165) is 6.42 Å². The van der Waals surface area contributed by atoms with Gasteiger partial charge in [-0.15, -0.1) is 6.42 Å². The van der Waals surface area contributed by atoms with E-state index in [9.17, 15) is 0 Å². The monoisotopic (exact) mass is 235 g/mol. The molecule has 1 aliphatic carbocycles. The maximum absolute atomic E-state index is 2.99. The van der Waals surface area contributed by atoms with Crippen LogP contribution in [-0.4, -0.2) is 0 Å². The molecule has 0 nitrogen and oxygen atoms in total. The molecule has 0 aliphatic heterocycles. The zero-order valence-corrected chi connectivity index (χ0v) is 7.86. The van der Waals surface area contributed by atoms with Crippen molar-refractivity contribution < 1.29 is 44.6 Å².